The minimum absolute atomic E-state index is 0.176. The highest BCUT2D eigenvalue weighted by molar-refractivity contribution is 6.70. The number of pyridine rings is 1. The predicted molar refractivity (Wildman–Crippen MR) is 72.1 cm³/mol. The molecule has 0 unspecified atom stereocenters. The molecule has 0 amide bonds. The van der Waals surface area contributed by atoms with Gasteiger partial charge in [-0.3, -0.25) is 4.98 Å². The molecule has 1 aromatic heterocycles. The van der Waals surface area contributed by atoms with Gasteiger partial charge in [0.05, 0.1) is 5.69 Å². The number of nitrogens with zero attached hydrogens (tertiary/aromatic N) is 1. The van der Waals surface area contributed by atoms with E-state index in [0.29, 0.717) is 17.8 Å². The van der Waals surface area contributed by atoms with E-state index in [-0.39, 0.29) is 12.5 Å². The summed E-state index contributed by atoms with van der Waals surface area (Å²) in [4.78, 5) is 4.14. The van der Waals surface area contributed by atoms with Gasteiger partial charge >= 0.3 is 0 Å². The van der Waals surface area contributed by atoms with E-state index >= 15 is 0 Å². The Bertz CT molecular complexity index is 516. The summed E-state index contributed by atoms with van der Waals surface area (Å²) >= 11 is 0. The second-order valence-electron chi connectivity index (χ2n) is 4.45. The topological polar surface area (TPSA) is 22.1 Å². The van der Waals surface area contributed by atoms with Crippen molar-refractivity contribution in [3.8, 4) is 5.75 Å². The molecule has 0 saturated heterocycles. The number of ether oxygens (including phenoxy) is 1. The fourth-order valence-corrected chi connectivity index (χ4v) is 1.71. The Morgan fingerprint density at radius 2 is 2.06 bits per heavy atom. The van der Waals surface area contributed by atoms with E-state index in [1.165, 1.54) is 6.07 Å². The standard InChI is InChI=1S/C14H15BFNO/c1-15(2)13-7-6-12(9-14(13)16)18-10-11-5-3-4-8-17-11/h3-9H,10H2,1-2H3. The van der Waals surface area contributed by atoms with Crippen LogP contribution in [-0.4, -0.2) is 11.7 Å². The summed E-state index contributed by atoms with van der Waals surface area (Å²) in [5.41, 5.74) is 1.53. The van der Waals surface area contributed by atoms with E-state index in [1.54, 1.807) is 18.3 Å². The smallest absolute Gasteiger partial charge is 0.173 e. The lowest BCUT2D eigenvalue weighted by molar-refractivity contribution is 0.300. The average molecular weight is 243 g/mol. The van der Waals surface area contributed by atoms with Crippen LogP contribution in [0.4, 0.5) is 4.39 Å². The van der Waals surface area contributed by atoms with Gasteiger partial charge in [0.1, 0.15) is 18.2 Å². The third kappa shape index (κ3) is 3.09. The molecule has 1 heterocycles. The molecule has 0 spiro atoms. The van der Waals surface area contributed by atoms with Gasteiger partial charge in [0.15, 0.2) is 6.71 Å². The lowest BCUT2D eigenvalue weighted by atomic mass is 9.49. The maximum absolute atomic E-state index is 13.7. The van der Waals surface area contributed by atoms with Crippen LogP contribution in [-0.2, 0) is 6.61 Å². The lowest BCUT2D eigenvalue weighted by Gasteiger charge is -2.09. The number of benzene rings is 1. The van der Waals surface area contributed by atoms with Crippen molar-refractivity contribution in [3.63, 3.8) is 0 Å². The van der Waals surface area contributed by atoms with Crippen molar-refractivity contribution in [2.24, 2.45) is 0 Å². The molecular weight excluding hydrogens is 228 g/mol. The molecule has 0 fully saturated rings. The largest absolute Gasteiger partial charge is 0.487 e. The van der Waals surface area contributed by atoms with E-state index in [9.17, 15) is 4.39 Å². The number of halogens is 1. The molecule has 18 heavy (non-hydrogen) atoms. The Morgan fingerprint density at radius 3 is 2.67 bits per heavy atom. The van der Waals surface area contributed by atoms with Crippen molar-refractivity contribution in [3.05, 3.63) is 54.1 Å². The summed E-state index contributed by atoms with van der Waals surface area (Å²) in [6.07, 6.45) is 1.71. The molecule has 2 aromatic rings. The van der Waals surface area contributed by atoms with Crippen molar-refractivity contribution in [1.29, 1.82) is 0 Å². The molecule has 1 aromatic carbocycles. The molecule has 0 aliphatic rings. The number of hydrogen-bond acceptors (Lipinski definition) is 2. The molecule has 0 atom stereocenters. The van der Waals surface area contributed by atoms with Gasteiger partial charge in [0.25, 0.3) is 0 Å². The van der Waals surface area contributed by atoms with Crippen LogP contribution in [0.5, 0.6) is 5.75 Å². The first kappa shape index (κ1) is 12.6. The molecule has 2 rings (SSSR count). The van der Waals surface area contributed by atoms with E-state index in [4.69, 9.17) is 4.74 Å². The van der Waals surface area contributed by atoms with Gasteiger partial charge in [-0.1, -0.05) is 25.8 Å². The van der Waals surface area contributed by atoms with E-state index in [0.717, 1.165) is 5.69 Å². The van der Waals surface area contributed by atoms with Crippen molar-refractivity contribution in [2.75, 3.05) is 0 Å². The van der Waals surface area contributed by atoms with Gasteiger partial charge in [0.2, 0.25) is 0 Å². The number of rotatable bonds is 4. The SMILES string of the molecule is CB(C)c1ccc(OCc2ccccn2)cc1F. The maximum Gasteiger partial charge on any atom is 0.173 e. The van der Waals surface area contributed by atoms with Crippen LogP contribution >= 0.6 is 0 Å². The molecule has 0 radical (unpaired) electrons. The molecule has 0 saturated carbocycles. The summed E-state index contributed by atoms with van der Waals surface area (Å²) in [7, 11) is 0. The maximum atomic E-state index is 13.7. The molecule has 2 nitrogen and oxygen atoms in total. The van der Waals surface area contributed by atoms with Crippen molar-refractivity contribution in [2.45, 2.75) is 20.3 Å². The van der Waals surface area contributed by atoms with Gasteiger partial charge in [-0.25, -0.2) is 4.39 Å². The van der Waals surface area contributed by atoms with Crippen LogP contribution in [0.25, 0.3) is 0 Å². The third-order valence-corrected chi connectivity index (χ3v) is 2.71. The average Bonchev–Trinajstić information content (AvgIpc) is 2.37. The van der Waals surface area contributed by atoms with E-state index < -0.39 is 0 Å². The van der Waals surface area contributed by atoms with Gasteiger partial charge in [0, 0.05) is 12.3 Å². The minimum atomic E-state index is -0.219. The quantitative estimate of drug-likeness (QED) is 0.770. The second-order valence-corrected chi connectivity index (χ2v) is 4.45. The monoisotopic (exact) mass is 243 g/mol. The van der Waals surface area contributed by atoms with Crippen molar-refractivity contribution >= 4 is 12.2 Å². The van der Waals surface area contributed by atoms with Crippen LogP contribution < -0.4 is 10.2 Å². The molecule has 0 aliphatic heterocycles. The van der Waals surface area contributed by atoms with Crippen LogP contribution in [0.15, 0.2) is 42.6 Å². The zero-order valence-corrected chi connectivity index (χ0v) is 10.6. The van der Waals surface area contributed by atoms with Crippen molar-refractivity contribution < 1.29 is 9.13 Å². The van der Waals surface area contributed by atoms with Crippen LogP contribution in [0, 0.1) is 5.82 Å². The normalized spacial score (nSPS) is 10.2. The van der Waals surface area contributed by atoms with Crippen LogP contribution in [0.2, 0.25) is 13.6 Å². The van der Waals surface area contributed by atoms with Crippen molar-refractivity contribution in [1.82, 2.24) is 4.98 Å². The predicted octanol–water partition coefficient (Wildman–Crippen LogP) is 2.76. The Hall–Kier alpha value is -1.84. The lowest BCUT2D eigenvalue weighted by Crippen LogP contribution is -2.25. The van der Waals surface area contributed by atoms with Gasteiger partial charge in [-0.2, -0.15) is 0 Å². The zero-order chi connectivity index (χ0) is 13.0. The first-order chi connectivity index (χ1) is 8.66. The summed E-state index contributed by atoms with van der Waals surface area (Å²) in [5.74, 6) is 0.311. The van der Waals surface area contributed by atoms with Gasteiger partial charge < -0.3 is 4.74 Å². The van der Waals surface area contributed by atoms with Gasteiger partial charge in [-0.15, -0.1) is 0 Å². The molecular formula is C14H15BFNO. The minimum Gasteiger partial charge on any atom is -0.487 e. The van der Waals surface area contributed by atoms with E-state index in [2.05, 4.69) is 4.98 Å². The van der Waals surface area contributed by atoms with E-state index in [1.807, 2.05) is 31.8 Å². The Morgan fingerprint density at radius 1 is 1.22 bits per heavy atom. The Kier molecular flexibility index (Phi) is 3.97. The molecule has 4 heteroatoms. The summed E-state index contributed by atoms with van der Waals surface area (Å²) in [6, 6.07) is 10.6. The fraction of sp³-hybridized carbons (Fsp3) is 0.214. The molecule has 0 aliphatic carbocycles. The Labute approximate surface area is 107 Å². The van der Waals surface area contributed by atoms with Gasteiger partial charge in [-0.05, 0) is 23.7 Å². The first-order valence-corrected chi connectivity index (χ1v) is 5.99. The number of hydrogen-bond donors (Lipinski definition) is 0. The second kappa shape index (κ2) is 5.67. The molecule has 0 N–H and O–H groups in total. The highest BCUT2D eigenvalue weighted by atomic mass is 19.1. The highest BCUT2D eigenvalue weighted by Gasteiger charge is 2.10. The molecule has 0 bridgehead atoms. The summed E-state index contributed by atoms with van der Waals surface area (Å²) in [6.45, 7) is 4.45. The Balaban J connectivity index is 2.05. The highest BCUT2D eigenvalue weighted by Crippen LogP contribution is 2.13. The summed E-state index contributed by atoms with van der Waals surface area (Å²) < 4.78 is 19.2. The third-order valence-electron chi connectivity index (χ3n) is 2.71. The first-order valence-electron chi connectivity index (χ1n) is 5.99. The number of aromatic nitrogens is 1. The molecule has 92 valence electrons. The van der Waals surface area contributed by atoms with Crippen LogP contribution in [0.3, 0.4) is 0 Å². The summed E-state index contributed by atoms with van der Waals surface area (Å²) in [5, 5.41) is 0. The fourth-order valence-electron chi connectivity index (χ4n) is 1.71. The zero-order valence-electron chi connectivity index (χ0n) is 10.6. The van der Waals surface area contributed by atoms with Crippen LogP contribution in [0.1, 0.15) is 5.69 Å².